The zero-order valence-electron chi connectivity index (χ0n) is 84.6. The second kappa shape index (κ2) is 53.1. The van der Waals surface area contributed by atoms with Gasteiger partial charge in [0.2, 0.25) is 35.4 Å². The highest BCUT2D eigenvalue weighted by atomic mass is 32.1. The number of likely N-dealkylation sites (N-methyl/N-ethyl adjacent to an activating group) is 2. The summed E-state index contributed by atoms with van der Waals surface area (Å²) in [6.45, 7) is 17.7. The Hall–Kier alpha value is -12.2. The zero-order valence-corrected chi connectivity index (χ0v) is 86.2. The number of nitrogens with two attached hydrogens (primary N) is 1. The fourth-order valence-corrected chi connectivity index (χ4v) is 19.6. The van der Waals surface area contributed by atoms with Crippen molar-refractivity contribution in [3.05, 3.63) is 187 Å². The van der Waals surface area contributed by atoms with Crippen LogP contribution >= 0.6 is 22.7 Å². The number of Topliss-reactive ketones (excluding diaryl/α,β-unsaturated/α-hetero) is 1. The third-order valence-electron chi connectivity index (χ3n) is 25.7. The number of nitrogens with one attached hydrogen (secondary N) is 4. The number of aryl methyl sites for hydroxylation is 4. The Labute approximate surface area is 835 Å². The quantitative estimate of drug-likeness (QED) is 0.0164. The van der Waals surface area contributed by atoms with Crippen molar-refractivity contribution in [2.45, 2.75) is 246 Å². The van der Waals surface area contributed by atoms with Crippen LogP contribution in [-0.4, -0.2) is 223 Å². The van der Waals surface area contributed by atoms with E-state index in [1.54, 1.807) is 125 Å². The number of unbranched alkanes of at least 4 members (excludes halogenated alkanes) is 13. The number of methoxy groups -OCH3 is 4. The molecule has 6 aromatic heterocycles. The second-order valence-corrected chi connectivity index (χ2v) is 40.7. The first-order valence-electron chi connectivity index (χ1n) is 48.6. The number of ketones is 1. The van der Waals surface area contributed by atoms with Gasteiger partial charge in [0, 0.05) is 134 Å². The van der Waals surface area contributed by atoms with E-state index < -0.39 is 53.2 Å². The number of ether oxygens (including phenoxy) is 4. The minimum absolute atomic E-state index is 0.0257. The van der Waals surface area contributed by atoms with Gasteiger partial charge in [0.15, 0.2) is 0 Å². The minimum Gasteiger partial charge on any atom is -0.496 e. The maximum Gasteiger partial charge on any atom is 0.317 e. The summed E-state index contributed by atoms with van der Waals surface area (Å²) >= 11 is 3.17. The number of thiazole rings is 2. The van der Waals surface area contributed by atoms with Crippen molar-refractivity contribution in [2.24, 2.45) is 30.7 Å². The zero-order chi connectivity index (χ0) is 102. The van der Waals surface area contributed by atoms with Crippen LogP contribution in [-0.2, 0) is 78.6 Å². The molecule has 2 saturated heterocycles. The number of carbonyl (C=O) groups is 8. The molecule has 0 aliphatic carbocycles. The Morgan fingerprint density at radius 3 is 1.17 bits per heavy atom. The molecule has 760 valence electrons. The van der Waals surface area contributed by atoms with Crippen LogP contribution in [0.2, 0.25) is 0 Å². The Balaban J connectivity index is 0.000000242. The van der Waals surface area contributed by atoms with Gasteiger partial charge in [-0.1, -0.05) is 161 Å². The first kappa shape index (κ1) is 111. The monoisotopic (exact) mass is 1970 g/mol. The minimum atomic E-state index is -0.910. The van der Waals surface area contributed by atoms with Gasteiger partial charge in [-0.05, 0) is 152 Å². The van der Waals surface area contributed by atoms with Crippen molar-refractivity contribution >= 4 is 91.4 Å². The molecule has 6 atom stereocenters. The van der Waals surface area contributed by atoms with Crippen LogP contribution < -0.4 is 57.1 Å². The highest BCUT2D eigenvalue weighted by Gasteiger charge is 2.47. The SMILES string of the molecule is COc1cc(-c2cn(C)c(=O)c3cnccc23)cc(OC)c1CN(C)CC(=O)CCCCCCCCCCC(=O)N[C@@H](C(=O)N1C[C@@H](O)C[C@@H]1C(=O)NCc1ccc(-c2scnc2C)cc1)C(C)(C)C.COc1cc(-c2cn(C)c(=O)c3cnccc23)cc(OC)c1CN(C)CC(=O)O.Cc1ncsc1-c1ccc(CNC(=O)[C@@H]2C[C@@H](O)CN2C(=O)[C@@H](NC(=O)CCCCCCCCCN)C(C)(C)C)cc1. The highest BCUT2D eigenvalue weighted by Crippen LogP contribution is 2.41. The summed E-state index contributed by atoms with van der Waals surface area (Å²) in [4.78, 5) is 155. The fourth-order valence-electron chi connectivity index (χ4n) is 17.9. The third-order valence-corrected chi connectivity index (χ3v) is 27.6. The molecule has 0 unspecified atom stereocenters. The number of β-amino-alcohol motifs (C(OH)–C–C–N with tert-alkyl or cyclic N) is 2. The maximum atomic E-state index is 14.0. The Morgan fingerprint density at radius 1 is 0.489 bits per heavy atom. The molecule has 0 spiro atoms. The summed E-state index contributed by atoms with van der Waals surface area (Å²) in [5.41, 5.74) is 18.6. The second-order valence-electron chi connectivity index (χ2n) is 39.0. The van der Waals surface area contributed by atoms with E-state index in [-0.39, 0.29) is 91.4 Å². The molecule has 0 bridgehead atoms. The standard InChI is InChI=1S/C54H71N7O8S.C32H49N5O4S.C21H23N3O5/c1-35-49(70-34-57-35)37-21-19-36(20-22-37)28-56-51(65)45-27-40(63)31-61(45)53(67)50(54(2,3)4)58-48(64)18-16-14-12-10-9-11-13-15-17-39(62)30-59(5)32-44-46(68-7)25-38(26-47(44)69-8)43-33-60(6)52(66)42-29-55-24-23-41(42)43;1-22-28(42-21-35-22)24-15-13-23(14-16-24)19-34-30(40)26-18-25(38)20-37(26)31(41)29(32(2,3)4)36-27(39)12-10-8-6-5-7-9-11-17-33;1-23(12-20(25)26)10-17-18(28-3)7-13(8-19(17)29-4)16-11-24(2)21(27)15-9-22-6-5-14(15)16/h19-26,29,33-34,40,45,50,63H,9-18,27-28,30-32H2,1-8H3,(H,56,65)(H,58,64);13-16,21,25-26,29,38H,5-12,17-20,33H2,1-4H3,(H,34,40)(H,36,39);5-9,11H,10,12H2,1-4H3,(H,25,26)/t40-,45+,50-;25-,26+,29-;/m01./s1. The molecule has 4 aromatic carbocycles. The lowest BCUT2D eigenvalue weighted by atomic mass is 9.85. The number of carbonyl (C=O) groups excluding carboxylic acids is 7. The molecule has 2 aliphatic rings. The van der Waals surface area contributed by atoms with Crippen molar-refractivity contribution in [2.75, 3.05) is 75.3 Å². The average molecular weight is 1980 g/mol. The van der Waals surface area contributed by atoms with Crippen molar-refractivity contribution in [1.82, 2.24) is 69.9 Å². The molecule has 34 heteroatoms. The van der Waals surface area contributed by atoms with Crippen molar-refractivity contribution < 1.29 is 72.6 Å². The molecule has 6 amide bonds. The number of fused-ring (bicyclic) bond motifs is 2. The number of nitrogens with zero attached hydrogens (tertiary/aromatic N) is 10. The number of hydrogen-bond acceptors (Lipinski definition) is 25. The molecule has 12 rings (SSSR count). The van der Waals surface area contributed by atoms with E-state index in [1.165, 1.54) is 20.8 Å². The van der Waals surface area contributed by atoms with Crippen LogP contribution in [0.15, 0.2) is 143 Å². The summed E-state index contributed by atoms with van der Waals surface area (Å²) in [6.07, 6.45) is 24.7. The Morgan fingerprint density at radius 2 is 0.837 bits per heavy atom. The molecule has 8 heterocycles. The number of likely N-dealkylation sites (tertiary alicyclic amines) is 2. The van der Waals surface area contributed by atoms with Gasteiger partial charge < -0.3 is 80.2 Å². The maximum absolute atomic E-state index is 14.0. The van der Waals surface area contributed by atoms with Crippen LogP contribution in [0, 0.1) is 24.7 Å². The molecule has 141 heavy (non-hydrogen) atoms. The molecular weight excluding hydrogens is 1830 g/mol. The number of aliphatic hydroxyl groups excluding tert-OH is 2. The summed E-state index contributed by atoms with van der Waals surface area (Å²) < 4.78 is 25.9. The van der Waals surface area contributed by atoms with Gasteiger partial charge in [-0.2, -0.15) is 0 Å². The number of carboxylic acids is 1. The summed E-state index contributed by atoms with van der Waals surface area (Å²) in [7, 11) is 13.4. The number of benzene rings is 4. The summed E-state index contributed by atoms with van der Waals surface area (Å²) in [5, 5.41) is 44.5. The van der Waals surface area contributed by atoms with Crippen LogP contribution in [0.25, 0.3) is 64.7 Å². The van der Waals surface area contributed by atoms with E-state index in [2.05, 4.69) is 41.2 Å². The highest BCUT2D eigenvalue weighted by molar-refractivity contribution is 7.13. The van der Waals surface area contributed by atoms with Crippen LogP contribution in [0.3, 0.4) is 0 Å². The lowest BCUT2D eigenvalue weighted by Crippen LogP contribution is -2.57. The number of pyridine rings is 4. The van der Waals surface area contributed by atoms with Gasteiger partial charge >= 0.3 is 5.97 Å². The predicted molar refractivity (Wildman–Crippen MR) is 552 cm³/mol. The van der Waals surface area contributed by atoms with Gasteiger partial charge in [-0.3, -0.25) is 67.7 Å². The van der Waals surface area contributed by atoms with E-state index in [0.29, 0.717) is 85.6 Å². The number of hydrogen-bond donors (Lipinski definition) is 8. The lowest BCUT2D eigenvalue weighted by Gasteiger charge is -2.35. The van der Waals surface area contributed by atoms with Crippen LogP contribution in [0.4, 0.5) is 0 Å². The summed E-state index contributed by atoms with van der Waals surface area (Å²) in [5.74, 6) is -0.0477. The number of carboxylic acid groups (broad SMARTS) is 1. The molecule has 0 saturated carbocycles. The molecule has 10 aromatic rings. The van der Waals surface area contributed by atoms with Crippen molar-refractivity contribution in [3.8, 4) is 66.1 Å². The van der Waals surface area contributed by atoms with Crippen LogP contribution in [0.5, 0.6) is 23.0 Å². The Kier molecular flexibility index (Phi) is 41.7. The Bertz CT molecular complexity index is 5980. The van der Waals surface area contributed by atoms with E-state index in [4.69, 9.17) is 29.8 Å². The van der Waals surface area contributed by atoms with E-state index in [9.17, 15) is 58.2 Å². The molecule has 9 N–H and O–H groups in total. The van der Waals surface area contributed by atoms with E-state index >= 15 is 0 Å². The van der Waals surface area contributed by atoms with Crippen molar-refractivity contribution in [3.63, 3.8) is 0 Å². The average Bonchev–Trinajstić information content (AvgIpc) is 1.64. The van der Waals surface area contributed by atoms with Gasteiger partial charge in [-0.15, -0.1) is 22.7 Å². The molecule has 32 nitrogen and oxygen atoms in total. The van der Waals surface area contributed by atoms with Gasteiger partial charge in [-0.25, -0.2) is 9.97 Å². The topological polar surface area (TPSA) is 417 Å². The largest absolute Gasteiger partial charge is 0.496 e. The molecule has 2 fully saturated rings. The summed E-state index contributed by atoms with van der Waals surface area (Å²) in [6, 6.07) is 23.8. The lowest BCUT2D eigenvalue weighted by molar-refractivity contribution is -0.144. The number of rotatable bonds is 46. The van der Waals surface area contributed by atoms with E-state index in [0.717, 1.165) is 178 Å². The van der Waals surface area contributed by atoms with Crippen LogP contribution in [0.1, 0.15) is 204 Å². The smallest absolute Gasteiger partial charge is 0.317 e. The first-order chi connectivity index (χ1) is 67.3. The number of aromatic nitrogens is 6. The van der Waals surface area contributed by atoms with Crippen molar-refractivity contribution in [1.29, 1.82) is 0 Å². The number of aliphatic carboxylic acids is 1. The number of aliphatic hydroxyl groups is 2. The normalized spacial score (nSPS) is 15.2. The molecular formula is C107H143N15O17S2. The first-order valence-corrected chi connectivity index (χ1v) is 50.4. The van der Waals surface area contributed by atoms with Gasteiger partial charge in [0.25, 0.3) is 11.1 Å². The van der Waals surface area contributed by atoms with E-state index in [1.807, 2.05) is 157 Å². The van der Waals surface area contributed by atoms with Gasteiger partial charge in [0.05, 0.1) is 108 Å². The molecule has 2 aliphatic heterocycles. The number of amides is 6. The fraction of sp³-hybridized carbons (Fsp3) is 0.495. The third kappa shape index (κ3) is 31.2. The van der Waals surface area contributed by atoms with Gasteiger partial charge in [0.1, 0.15) is 52.9 Å². The predicted octanol–water partition coefficient (Wildman–Crippen LogP) is 14.2. The molecule has 0 radical (unpaired) electrons.